The van der Waals surface area contributed by atoms with Gasteiger partial charge in [-0.25, -0.2) is 9.67 Å². The molecule has 1 aliphatic heterocycles. The Morgan fingerprint density at radius 1 is 1.12 bits per heavy atom. The van der Waals surface area contributed by atoms with Crippen molar-refractivity contribution in [2.75, 3.05) is 37.7 Å². The fourth-order valence-electron chi connectivity index (χ4n) is 3.70. The number of rotatable bonds is 7. The Labute approximate surface area is 198 Å². The van der Waals surface area contributed by atoms with Crippen LogP contribution in [0.1, 0.15) is 5.56 Å². The van der Waals surface area contributed by atoms with E-state index in [1.807, 2.05) is 47.8 Å². The normalized spacial score (nSPS) is 14.0. The van der Waals surface area contributed by atoms with Crippen LogP contribution in [-0.2, 0) is 22.5 Å². The highest BCUT2D eigenvalue weighted by Crippen LogP contribution is 2.35. The summed E-state index contributed by atoms with van der Waals surface area (Å²) in [5.74, 6) is -0.249. The molecule has 0 atom stereocenters. The van der Waals surface area contributed by atoms with Crippen molar-refractivity contribution < 1.29 is 9.53 Å². The van der Waals surface area contributed by atoms with Crippen molar-refractivity contribution in [3.8, 4) is 10.6 Å². The lowest BCUT2D eigenvalue weighted by molar-refractivity contribution is -0.121. The van der Waals surface area contributed by atoms with Crippen LogP contribution in [0.2, 0.25) is 0 Å². The molecule has 0 spiro atoms. The minimum atomic E-state index is -0.348. The van der Waals surface area contributed by atoms with E-state index >= 15 is 0 Å². The monoisotopic (exact) mass is 481 g/mol. The van der Waals surface area contributed by atoms with Gasteiger partial charge < -0.3 is 15.0 Å². The van der Waals surface area contributed by atoms with Gasteiger partial charge in [-0.2, -0.15) is 5.10 Å². The molecule has 1 amide bonds. The fourth-order valence-corrected chi connectivity index (χ4v) is 5.59. The van der Waals surface area contributed by atoms with Crippen molar-refractivity contribution in [2.45, 2.75) is 13.0 Å². The first-order valence-electron chi connectivity index (χ1n) is 10.8. The molecule has 1 aromatic carbocycles. The number of anilines is 1. The Kier molecular flexibility index (Phi) is 6.47. The summed E-state index contributed by atoms with van der Waals surface area (Å²) in [4.78, 5) is 33.5. The van der Waals surface area contributed by atoms with E-state index in [4.69, 9.17) is 4.74 Å². The lowest BCUT2D eigenvalue weighted by Crippen LogP contribution is -2.36. The Morgan fingerprint density at radius 2 is 1.94 bits per heavy atom. The molecule has 0 saturated carbocycles. The zero-order valence-corrected chi connectivity index (χ0v) is 19.5. The summed E-state index contributed by atoms with van der Waals surface area (Å²) in [6, 6.07) is 13.9. The predicted molar refractivity (Wildman–Crippen MR) is 131 cm³/mol. The number of ether oxygens (including phenoxy) is 1. The lowest BCUT2D eigenvalue weighted by atomic mass is 10.1. The van der Waals surface area contributed by atoms with Gasteiger partial charge in [0.1, 0.15) is 12.2 Å². The van der Waals surface area contributed by atoms with Crippen LogP contribution in [0.25, 0.3) is 20.8 Å². The molecular formula is C23H23N5O3S2. The smallest absolute Gasteiger partial charge is 0.294 e. The van der Waals surface area contributed by atoms with E-state index in [1.165, 1.54) is 16.0 Å². The molecule has 33 heavy (non-hydrogen) atoms. The Bertz CT molecular complexity index is 1300. The first-order valence-corrected chi connectivity index (χ1v) is 12.5. The average Bonchev–Trinajstić information content (AvgIpc) is 3.53. The second-order valence-corrected chi connectivity index (χ2v) is 9.57. The van der Waals surface area contributed by atoms with Gasteiger partial charge in [-0.1, -0.05) is 47.7 Å². The number of hydrogen-bond acceptors (Lipinski definition) is 8. The third kappa shape index (κ3) is 4.82. The number of carbonyl (C=O) groups excluding carboxylic acids is 1. The topological polar surface area (TPSA) is 89.3 Å². The van der Waals surface area contributed by atoms with Crippen LogP contribution in [-0.4, -0.2) is 53.5 Å². The van der Waals surface area contributed by atoms with E-state index in [1.54, 1.807) is 11.3 Å². The minimum Gasteiger partial charge on any atom is -0.378 e. The van der Waals surface area contributed by atoms with E-state index < -0.39 is 0 Å². The number of nitrogens with one attached hydrogen (secondary N) is 1. The second kappa shape index (κ2) is 9.82. The quantitative estimate of drug-likeness (QED) is 0.437. The summed E-state index contributed by atoms with van der Waals surface area (Å²) in [5.41, 5.74) is 1.84. The van der Waals surface area contributed by atoms with Crippen LogP contribution in [0.15, 0.2) is 52.6 Å². The lowest BCUT2D eigenvalue weighted by Gasteiger charge is -2.25. The molecule has 4 heterocycles. The SMILES string of the molecule is O=C(Cn1nc(-c2cccs2)c2sc(N3CCOCC3)nc2c1=O)NCCc1ccccc1. The molecule has 0 bridgehead atoms. The van der Waals surface area contributed by atoms with Crippen molar-refractivity contribution >= 4 is 43.9 Å². The zero-order chi connectivity index (χ0) is 22.6. The van der Waals surface area contributed by atoms with Gasteiger partial charge in [-0.05, 0) is 23.4 Å². The first kappa shape index (κ1) is 21.7. The van der Waals surface area contributed by atoms with Crippen molar-refractivity contribution in [3.05, 3.63) is 63.8 Å². The number of amides is 1. The van der Waals surface area contributed by atoms with Crippen LogP contribution in [0.3, 0.4) is 0 Å². The van der Waals surface area contributed by atoms with E-state index in [2.05, 4.69) is 20.3 Å². The van der Waals surface area contributed by atoms with Crippen LogP contribution >= 0.6 is 22.7 Å². The largest absolute Gasteiger partial charge is 0.378 e. The van der Waals surface area contributed by atoms with E-state index in [0.29, 0.717) is 31.0 Å². The molecule has 10 heteroatoms. The van der Waals surface area contributed by atoms with E-state index in [9.17, 15) is 9.59 Å². The van der Waals surface area contributed by atoms with E-state index in [-0.39, 0.29) is 18.0 Å². The summed E-state index contributed by atoms with van der Waals surface area (Å²) in [7, 11) is 0. The summed E-state index contributed by atoms with van der Waals surface area (Å²) in [5, 5.41) is 10.2. The van der Waals surface area contributed by atoms with Gasteiger partial charge in [0, 0.05) is 19.6 Å². The first-order chi connectivity index (χ1) is 16.2. The molecule has 5 rings (SSSR count). The maximum atomic E-state index is 13.2. The number of carbonyl (C=O) groups is 1. The third-order valence-corrected chi connectivity index (χ3v) is 7.40. The molecule has 170 valence electrons. The Morgan fingerprint density at radius 3 is 2.70 bits per heavy atom. The molecule has 0 aliphatic carbocycles. The number of fused-ring (bicyclic) bond motifs is 1. The average molecular weight is 482 g/mol. The van der Waals surface area contributed by atoms with Crippen LogP contribution in [0.4, 0.5) is 5.13 Å². The highest BCUT2D eigenvalue weighted by atomic mass is 32.1. The summed E-state index contributed by atoms with van der Waals surface area (Å²) < 4.78 is 7.43. The second-order valence-electron chi connectivity index (χ2n) is 7.65. The van der Waals surface area contributed by atoms with Gasteiger partial charge in [-0.3, -0.25) is 9.59 Å². The fraction of sp³-hybridized carbons (Fsp3) is 0.304. The molecule has 8 nitrogen and oxygen atoms in total. The van der Waals surface area contributed by atoms with Gasteiger partial charge >= 0.3 is 0 Å². The molecule has 1 saturated heterocycles. The number of benzene rings is 1. The van der Waals surface area contributed by atoms with Gasteiger partial charge in [0.15, 0.2) is 10.6 Å². The molecule has 3 aromatic heterocycles. The standard InChI is InChI=1S/C23H23N5O3S2/c29-18(24-9-8-16-5-2-1-3-6-16)15-28-22(30)20-21(19(26-28)17-7-4-14-32-17)33-23(25-20)27-10-12-31-13-11-27/h1-7,14H,8-13,15H2,(H,24,29). The van der Waals surface area contributed by atoms with Crippen LogP contribution < -0.4 is 15.8 Å². The van der Waals surface area contributed by atoms with Crippen molar-refractivity contribution in [1.82, 2.24) is 20.1 Å². The minimum absolute atomic E-state index is 0.146. The van der Waals surface area contributed by atoms with Crippen LogP contribution in [0.5, 0.6) is 0 Å². The molecule has 0 radical (unpaired) electrons. The number of hydrogen-bond donors (Lipinski definition) is 1. The summed E-state index contributed by atoms with van der Waals surface area (Å²) in [6.07, 6.45) is 0.726. The third-order valence-electron chi connectivity index (χ3n) is 5.40. The Hall–Kier alpha value is -3.08. The molecular weight excluding hydrogens is 458 g/mol. The van der Waals surface area contributed by atoms with Crippen molar-refractivity contribution in [3.63, 3.8) is 0 Å². The molecule has 1 N–H and O–H groups in total. The van der Waals surface area contributed by atoms with E-state index in [0.717, 1.165) is 39.8 Å². The molecule has 1 fully saturated rings. The highest BCUT2D eigenvalue weighted by Gasteiger charge is 2.22. The molecule has 4 aromatic rings. The van der Waals surface area contributed by atoms with Crippen molar-refractivity contribution in [2.24, 2.45) is 0 Å². The number of morpholine rings is 1. The van der Waals surface area contributed by atoms with Crippen LogP contribution in [0, 0.1) is 0 Å². The molecule has 0 unspecified atom stereocenters. The van der Waals surface area contributed by atoms with Gasteiger partial charge in [-0.15, -0.1) is 11.3 Å². The highest BCUT2D eigenvalue weighted by molar-refractivity contribution is 7.23. The number of nitrogens with zero attached hydrogens (tertiary/aromatic N) is 4. The Balaban J connectivity index is 1.41. The maximum absolute atomic E-state index is 13.2. The maximum Gasteiger partial charge on any atom is 0.294 e. The molecule has 1 aliphatic rings. The van der Waals surface area contributed by atoms with Crippen molar-refractivity contribution in [1.29, 1.82) is 0 Å². The van der Waals surface area contributed by atoms with Gasteiger partial charge in [0.05, 0.1) is 22.8 Å². The predicted octanol–water partition coefficient (Wildman–Crippen LogP) is 2.78. The summed E-state index contributed by atoms with van der Waals surface area (Å²) in [6.45, 7) is 3.10. The number of thiazole rings is 1. The van der Waals surface area contributed by atoms with Gasteiger partial charge in [0.2, 0.25) is 5.91 Å². The number of thiophene rings is 1. The zero-order valence-electron chi connectivity index (χ0n) is 17.9. The van der Waals surface area contributed by atoms with Gasteiger partial charge in [0.25, 0.3) is 5.56 Å². The summed E-state index contributed by atoms with van der Waals surface area (Å²) >= 11 is 3.02. The number of aromatic nitrogens is 3.